The summed E-state index contributed by atoms with van der Waals surface area (Å²) in [5, 5.41) is 12.6. The van der Waals surface area contributed by atoms with Crippen LogP contribution in [0.3, 0.4) is 0 Å². The number of aliphatic hydroxyl groups excluding tert-OH is 1. The summed E-state index contributed by atoms with van der Waals surface area (Å²) in [6.45, 7) is 2.14. The van der Waals surface area contributed by atoms with Crippen molar-refractivity contribution in [2.24, 2.45) is 0 Å². The highest BCUT2D eigenvalue weighted by Gasteiger charge is 2.16. The third-order valence-electron chi connectivity index (χ3n) is 3.70. The average molecular weight is 398 g/mol. The Morgan fingerprint density at radius 3 is 2.63 bits per heavy atom. The molecule has 0 fully saturated rings. The van der Waals surface area contributed by atoms with Crippen LogP contribution in [0.4, 0.5) is 11.8 Å². The first-order valence-corrected chi connectivity index (χ1v) is 8.31. The van der Waals surface area contributed by atoms with E-state index in [4.69, 9.17) is 19.9 Å². The Balaban J connectivity index is 0.00000364. The molecule has 1 atom stereocenters. The molecule has 0 bridgehead atoms. The first kappa shape index (κ1) is 22.6. The summed E-state index contributed by atoms with van der Waals surface area (Å²) >= 11 is 0. The van der Waals surface area contributed by atoms with Gasteiger partial charge in [0.05, 0.1) is 33.1 Å². The van der Waals surface area contributed by atoms with Gasteiger partial charge in [-0.2, -0.15) is 18.5 Å². The number of aromatic nitrogens is 3. The Morgan fingerprint density at radius 1 is 1.22 bits per heavy atom. The van der Waals surface area contributed by atoms with Crippen LogP contribution in [-0.4, -0.2) is 46.9 Å². The number of nitrogens with zero attached hydrogens (tertiary/aromatic N) is 3. The number of ether oxygens (including phenoxy) is 3. The number of anilines is 2. The fourth-order valence-electron chi connectivity index (χ4n) is 2.44. The molecule has 0 aliphatic carbocycles. The van der Waals surface area contributed by atoms with E-state index >= 15 is 0 Å². The lowest BCUT2D eigenvalue weighted by Gasteiger charge is -2.19. The number of nitrogens with one attached hydrogen (secondary N) is 1. The average Bonchev–Trinajstić information content (AvgIpc) is 2.66. The summed E-state index contributed by atoms with van der Waals surface area (Å²) in [7, 11) is 3.10. The van der Waals surface area contributed by atoms with Crippen LogP contribution in [0.1, 0.15) is 25.5 Å². The van der Waals surface area contributed by atoms with E-state index in [-0.39, 0.29) is 38.7 Å². The van der Waals surface area contributed by atoms with Gasteiger partial charge in [0.2, 0.25) is 5.95 Å². The second kappa shape index (κ2) is 11.3. The summed E-state index contributed by atoms with van der Waals surface area (Å²) in [6, 6.07) is 1.55. The molecule has 10 heteroatoms. The smallest absolute Gasteiger partial charge is 0.222 e. The monoisotopic (exact) mass is 397 g/mol. The van der Waals surface area contributed by atoms with Crippen LogP contribution in [0.5, 0.6) is 17.2 Å². The number of nitrogen functional groups attached to an aromatic ring is 1. The molecule has 0 amide bonds. The quantitative estimate of drug-likeness (QED) is 0.549. The van der Waals surface area contributed by atoms with Crippen molar-refractivity contribution < 1.29 is 19.3 Å². The maximum absolute atomic E-state index is 9.49. The molecule has 0 aliphatic heterocycles. The Hall–Kier alpha value is -2.46. The molecule has 0 saturated carbocycles. The molecule has 0 saturated heterocycles. The fourth-order valence-corrected chi connectivity index (χ4v) is 2.44. The lowest BCUT2D eigenvalue weighted by molar-refractivity contribution is 0.265. The molecule has 4 N–H and O–H groups in total. The lowest BCUT2D eigenvalue weighted by Crippen LogP contribution is -2.24. The minimum Gasteiger partial charge on any atom is -0.493 e. The van der Waals surface area contributed by atoms with Gasteiger partial charge in [0.1, 0.15) is 12.3 Å². The van der Waals surface area contributed by atoms with Crippen molar-refractivity contribution in [2.45, 2.75) is 32.4 Å². The third-order valence-corrected chi connectivity index (χ3v) is 3.70. The fraction of sp³-hybridized carbons (Fsp3) is 0.471. The number of rotatable bonds is 10. The minimum absolute atomic E-state index is 0. The van der Waals surface area contributed by atoms with Crippen LogP contribution in [-0.2, 0) is 6.61 Å². The number of nitrogens with two attached hydrogens (primary N) is 1. The van der Waals surface area contributed by atoms with Crippen molar-refractivity contribution >= 4 is 25.3 Å². The summed E-state index contributed by atoms with van der Waals surface area (Å²) < 4.78 is 16.4. The normalized spacial score (nSPS) is 11.3. The van der Waals surface area contributed by atoms with Gasteiger partial charge >= 0.3 is 0 Å². The first-order valence-electron chi connectivity index (χ1n) is 8.31. The maximum Gasteiger partial charge on any atom is 0.222 e. The van der Waals surface area contributed by atoms with E-state index in [1.807, 2.05) is 6.92 Å². The van der Waals surface area contributed by atoms with Gasteiger partial charge in [-0.15, -0.1) is 0 Å². The van der Waals surface area contributed by atoms with Gasteiger partial charge < -0.3 is 30.4 Å². The number of hydrogen-bond acceptors (Lipinski definition) is 9. The highest BCUT2D eigenvalue weighted by atomic mass is 32.1. The molecule has 2 aromatic rings. The summed E-state index contributed by atoms with van der Waals surface area (Å²) in [4.78, 5) is 12.4. The summed E-state index contributed by atoms with van der Waals surface area (Å²) in [6.07, 6.45) is 4.80. The Bertz CT molecular complexity index is 720. The minimum atomic E-state index is -0.152. The predicted molar refractivity (Wildman–Crippen MR) is 108 cm³/mol. The predicted octanol–water partition coefficient (Wildman–Crippen LogP) is 1.74. The Morgan fingerprint density at radius 2 is 2.00 bits per heavy atom. The molecule has 0 spiro atoms. The van der Waals surface area contributed by atoms with Crippen LogP contribution in [0.15, 0.2) is 18.5 Å². The molecule has 0 aliphatic rings. The van der Waals surface area contributed by atoms with Gasteiger partial charge in [0, 0.05) is 12.3 Å². The molecule has 9 nitrogen and oxygen atoms in total. The van der Waals surface area contributed by atoms with Crippen molar-refractivity contribution in [3.8, 4) is 17.2 Å². The zero-order chi connectivity index (χ0) is 18.9. The van der Waals surface area contributed by atoms with E-state index in [1.165, 1.54) is 6.20 Å². The van der Waals surface area contributed by atoms with E-state index in [2.05, 4.69) is 20.3 Å². The molecular weight excluding hydrogens is 370 g/mol. The van der Waals surface area contributed by atoms with Crippen LogP contribution in [0.25, 0.3) is 0 Å². The van der Waals surface area contributed by atoms with Crippen LogP contribution in [0, 0.1) is 0 Å². The van der Waals surface area contributed by atoms with Crippen LogP contribution < -0.4 is 25.3 Å². The SMILES string of the molecule is CCC[C@@H](CO)Nc1nc(N)ncc1OCc1nccc(OC)c1OC.S. The van der Waals surface area contributed by atoms with Crippen molar-refractivity contribution in [2.75, 3.05) is 31.9 Å². The largest absolute Gasteiger partial charge is 0.493 e. The third kappa shape index (κ3) is 6.04. The highest BCUT2D eigenvalue weighted by molar-refractivity contribution is 7.59. The topological polar surface area (TPSA) is 125 Å². The van der Waals surface area contributed by atoms with Crippen LogP contribution in [0.2, 0.25) is 0 Å². The van der Waals surface area contributed by atoms with Gasteiger partial charge in [0.25, 0.3) is 0 Å². The van der Waals surface area contributed by atoms with Crippen LogP contribution >= 0.6 is 13.5 Å². The van der Waals surface area contributed by atoms with Crippen molar-refractivity contribution in [3.63, 3.8) is 0 Å². The molecule has 2 aromatic heterocycles. The van der Waals surface area contributed by atoms with Gasteiger partial charge in [-0.05, 0) is 6.42 Å². The molecule has 0 unspecified atom stereocenters. The van der Waals surface area contributed by atoms with E-state index in [1.54, 1.807) is 26.5 Å². The number of aliphatic hydroxyl groups is 1. The Kier molecular flexibility index (Phi) is 9.45. The van der Waals surface area contributed by atoms with Gasteiger partial charge in [-0.1, -0.05) is 13.3 Å². The molecule has 2 rings (SSSR count). The molecular formula is C17H27N5O4S. The highest BCUT2D eigenvalue weighted by Crippen LogP contribution is 2.31. The summed E-state index contributed by atoms with van der Waals surface area (Å²) in [5.41, 5.74) is 6.25. The molecule has 150 valence electrons. The van der Waals surface area contributed by atoms with Crippen molar-refractivity contribution in [3.05, 3.63) is 24.2 Å². The zero-order valence-corrected chi connectivity index (χ0v) is 16.7. The van der Waals surface area contributed by atoms with Gasteiger partial charge in [-0.25, -0.2) is 4.98 Å². The van der Waals surface area contributed by atoms with E-state index in [9.17, 15) is 5.11 Å². The second-order valence-electron chi connectivity index (χ2n) is 5.54. The van der Waals surface area contributed by atoms with E-state index in [0.29, 0.717) is 28.8 Å². The molecule has 0 aromatic carbocycles. The van der Waals surface area contributed by atoms with Crippen molar-refractivity contribution in [1.82, 2.24) is 15.0 Å². The lowest BCUT2D eigenvalue weighted by atomic mass is 10.2. The number of methoxy groups -OCH3 is 2. The first-order chi connectivity index (χ1) is 12.6. The van der Waals surface area contributed by atoms with Gasteiger partial charge in [0.15, 0.2) is 23.1 Å². The number of pyridine rings is 1. The zero-order valence-electron chi connectivity index (χ0n) is 15.7. The van der Waals surface area contributed by atoms with Crippen molar-refractivity contribution in [1.29, 1.82) is 0 Å². The molecule has 27 heavy (non-hydrogen) atoms. The molecule has 0 radical (unpaired) electrons. The van der Waals surface area contributed by atoms with E-state index < -0.39 is 0 Å². The van der Waals surface area contributed by atoms with E-state index in [0.717, 1.165) is 12.8 Å². The standard InChI is InChI=1S/C17H25N5O4.H2S/c1-4-5-11(9-23)21-16-14(8-20-17(18)22-16)26-10-12-15(25-3)13(24-2)6-7-19-12;/h6-8,11,23H,4-5,9-10H2,1-3H3,(H3,18,20,21,22);1H2/t11-;/m0./s1. The number of hydrogen-bond donors (Lipinski definition) is 3. The van der Waals surface area contributed by atoms with Gasteiger partial charge in [-0.3, -0.25) is 4.98 Å². The molecule has 2 heterocycles. The Labute approximate surface area is 165 Å². The second-order valence-corrected chi connectivity index (χ2v) is 5.54. The maximum atomic E-state index is 9.49. The summed E-state index contributed by atoms with van der Waals surface area (Å²) in [5.74, 6) is 2.01.